The number of hydrogen-bond donors (Lipinski definition) is 1. The van der Waals surface area contributed by atoms with Crippen LogP contribution in [0.5, 0.6) is 0 Å². The summed E-state index contributed by atoms with van der Waals surface area (Å²) in [4.78, 5) is 25.9. The highest BCUT2D eigenvalue weighted by Gasteiger charge is 2.11. The topological polar surface area (TPSA) is 68.3 Å². The number of nitrogens with zero attached hydrogens (tertiary/aromatic N) is 1. The number of carbonyl (C=O) groups is 2. The van der Waals surface area contributed by atoms with Crippen molar-refractivity contribution < 1.29 is 14.3 Å². The van der Waals surface area contributed by atoms with Gasteiger partial charge in [0.25, 0.3) is 5.91 Å². The Labute approximate surface area is 102 Å². The van der Waals surface area contributed by atoms with Crippen LogP contribution in [0.25, 0.3) is 0 Å². The Hall–Kier alpha value is -1.33. The molecule has 0 bridgehead atoms. The third-order valence-electron chi connectivity index (χ3n) is 1.65. The maximum Gasteiger partial charge on any atom is 0.340 e. The number of rotatable bonds is 3. The van der Waals surface area contributed by atoms with Crippen molar-refractivity contribution in [3.8, 4) is 0 Å². The van der Waals surface area contributed by atoms with Crippen LogP contribution in [0.3, 0.4) is 0 Å². The fraction of sp³-hybridized carbons (Fsp3) is 0.222. The van der Waals surface area contributed by atoms with Gasteiger partial charge in [0.2, 0.25) is 0 Å². The zero-order valence-electron chi connectivity index (χ0n) is 8.29. The molecule has 0 atom stereocenters. The summed E-state index contributed by atoms with van der Waals surface area (Å²) in [5, 5.41) is 2.56. The lowest BCUT2D eigenvalue weighted by Crippen LogP contribution is -2.25. The molecule has 1 rings (SSSR count). The molecule has 0 radical (unpaired) electrons. The van der Waals surface area contributed by atoms with Crippen molar-refractivity contribution in [3.05, 3.63) is 28.0 Å². The SMILES string of the molecule is CNC(=O)COC(=O)c1cnc(Cl)c(Cl)c1. The van der Waals surface area contributed by atoms with Crippen molar-refractivity contribution in [1.82, 2.24) is 10.3 Å². The van der Waals surface area contributed by atoms with E-state index in [0.717, 1.165) is 0 Å². The highest BCUT2D eigenvalue weighted by molar-refractivity contribution is 6.41. The van der Waals surface area contributed by atoms with Gasteiger partial charge in [-0.3, -0.25) is 4.79 Å². The molecule has 0 aliphatic carbocycles. The average molecular weight is 263 g/mol. The number of nitrogens with one attached hydrogen (secondary N) is 1. The number of ether oxygens (including phenoxy) is 1. The van der Waals surface area contributed by atoms with Crippen molar-refractivity contribution in [2.24, 2.45) is 0 Å². The smallest absolute Gasteiger partial charge is 0.340 e. The number of amides is 1. The Bertz CT molecular complexity index is 423. The maximum absolute atomic E-state index is 11.4. The second kappa shape index (κ2) is 5.67. The van der Waals surface area contributed by atoms with E-state index in [1.165, 1.54) is 19.3 Å². The third-order valence-corrected chi connectivity index (χ3v) is 2.33. The predicted octanol–water partition coefficient (Wildman–Crippen LogP) is 1.29. The molecule has 0 aliphatic rings. The van der Waals surface area contributed by atoms with E-state index >= 15 is 0 Å². The van der Waals surface area contributed by atoms with E-state index in [-0.39, 0.29) is 22.3 Å². The number of halogens is 2. The number of esters is 1. The summed E-state index contributed by atoms with van der Waals surface area (Å²) in [6, 6.07) is 1.32. The first kappa shape index (κ1) is 12.7. The van der Waals surface area contributed by atoms with Crippen LogP contribution < -0.4 is 5.32 Å². The van der Waals surface area contributed by atoms with Crippen LogP contribution in [-0.2, 0) is 9.53 Å². The van der Waals surface area contributed by atoms with E-state index in [2.05, 4.69) is 15.0 Å². The van der Waals surface area contributed by atoms with E-state index in [1.807, 2.05) is 0 Å². The molecule has 0 fully saturated rings. The third kappa shape index (κ3) is 3.36. The molecule has 1 aromatic rings. The molecular weight excluding hydrogens is 255 g/mol. The van der Waals surface area contributed by atoms with Gasteiger partial charge in [0.05, 0.1) is 10.6 Å². The molecule has 1 amide bonds. The Morgan fingerprint density at radius 2 is 2.19 bits per heavy atom. The Morgan fingerprint density at radius 1 is 1.50 bits per heavy atom. The highest BCUT2D eigenvalue weighted by Crippen LogP contribution is 2.19. The van der Waals surface area contributed by atoms with Gasteiger partial charge in [0.15, 0.2) is 6.61 Å². The van der Waals surface area contributed by atoms with E-state index < -0.39 is 11.9 Å². The summed E-state index contributed by atoms with van der Waals surface area (Å²) >= 11 is 11.2. The van der Waals surface area contributed by atoms with Crippen molar-refractivity contribution in [1.29, 1.82) is 0 Å². The molecule has 0 unspecified atom stereocenters. The van der Waals surface area contributed by atoms with Crippen LogP contribution in [-0.4, -0.2) is 30.5 Å². The number of hydrogen-bond acceptors (Lipinski definition) is 4. The normalized spacial score (nSPS) is 9.69. The van der Waals surface area contributed by atoms with Gasteiger partial charge in [-0.15, -0.1) is 0 Å². The zero-order chi connectivity index (χ0) is 12.1. The summed E-state index contributed by atoms with van der Waals surface area (Å²) < 4.78 is 4.68. The van der Waals surface area contributed by atoms with Gasteiger partial charge in [0.1, 0.15) is 5.15 Å². The Morgan fingerprint density at radius 3 is 2.75 bits per heavy atom. The van der Waals surface area contributed by atoms with E-state index in [9.17, 15) is 9.59 Å². The lowest BCUT2D eigenvalue weighted by atomic mass is 10.3. The van der Waals surface area contributed by atoms with Gasteiger partial charge in [0, 0.05) is 13.2 Å². The second-order valence-corrected chi connectivity index (χ2v) is 3.51. The van der Waals surface area contributed by atoms with Crippen LogP contribution in [0.2, 0.25) is 10.2 Å². The molecule has 0 saturated carbocycles. The standard InChI is InChI=1S/C9H8Cl2N2O3/c1-12-7(14)4-16-9(15)5-2-6(10)8(11)13-3-5/h2-3H,4H2,1H3,(H,12,14). The summed E-state index contributed by atoms with van der Waals surface area (Å²) in [6.45, 7) is -0.352. The van der Waals surface area contributed by atoms with Crippen LogP contribution >= 0.6 is 23.2 Å². The quantitative estimate of drug-likeness (QED) is 0.659. The number of pyridine rings is 1. The van der Waals surface area contributed by atoms with E-state index in [1.54, 1.807) is 0 Å². The lowest BCUT2D eigenvalue weighted by Gasteiger charge is -2.04. The van der Waals surface area contributed by atoms with Crippen molar-refractivity contribution in [2.75, 3.05) is 13.7 Å². The average Bonchev–Trinajstić information content (AvgIpc) is 2.29. The number of carbonyl (C=O) groups excluding carboxylic acids is 2. The maximum atomic E-state index is 11.4. The van der Waals surface area contributed by atoms with Gasteiger partial charge in [-0.05, 0) is 6.07 Å². The van der Waals surface area contributed by atoms with Gasteiger partial charge in [-0.25, -0.2) is 9.78 Å². The molecule has 7 heteroatoms. The first-order valence-electron chi connectivity index (χ1n) is 4.23. The molecule has 0 saturated heterocycles. The summed E-state index contributed by atoms with van der Waals surface area (Å²) in [5.74, 6) is -1.09. The molecule has 0 spiro atoms. The minimum atomic E-state index is -0.685. The van der Waals surface area contributed by atoms with Crippen molar-refractivity contribution in [3.63, 3.8) is 0 Å². The first-order valence-corrected chi connectivity index (χ1v) is 4.99. The molecule has 1 heterocycles. The second-order valence-electron chi connectivity index (χ2n) is 2.75. The molecule has 1 N–H and O–H groups in total. The van der Waals surface area contributed by atoms with E-state index in [4.69, 9.17) is 23.2 Å². The first-order chi connectivity index (χ1) is 7.54. The molecule has 86 valence electrons. The largest absolute Gasteiger partial charge is 0.452 e. The van der Waals surface area contributed by atoms with Crippen LogP contribution in [0.15, 0.2) is 12.3 Å². The number of aromatic nitrogens is 1. The molecule has 5 nitrogen and oxygen atoms in total. The molecule has 0 aromatic carbocycles. The summed E-state index contributed by atoms with van der Waals surface area (Å²) in [7, 11) is 1.44. The molecule has 1 aromatic heterocycles. The monoisotopic (exact) mass is 262 g/mol. The lowest BCUT2D eigenvalue weighted by molar-refractivity contribution is -0.123. The molecular formula is C9H8Cl2N2O3. The Balaban J connectivity index is 2.66. The van der Waals surface area contributed by atoms with Gasteiger partial charge >= 0.3 is 5.97 Å². The van der Waals surface area contributed by atoms with Crippen LogP contribution in [0, 0.1) is 0 Å². The Kier molecular flexibility index (Phi) is 4.52. The predicted molar refractivity (Wildman–Crippen MR) is 58.6 cm³/mol. The minimum Gasteiger partial charge on any atom is -0.452 e. The van der Waals surface area contributed by atoms with E-state index in [0.29, 0.717) is 0 Å². The highest BCUT2D eigenvalue weighted by atomic mass is 35.5. The zero-order valence-corrected chi connectivity index (χ0v) is 9.80. The summed E-state index contributed by atoms with van der Waals surface area (Å²) in [6.07, 6.45) is 1.22. The fourth-order valence-corrected chi connectivity index (χ4v) is 1.09. The minimum absolute atomic E-state index is 0.101. The molecule has 16 heavy (non-hydrogen) atoms. The summed E-state index contributed by atoms with van der Waals surface area (Å²) in [5.41, 5.74) is 0.137. The van der Waals surface area contributed by atoms with Crippen molar-refractivity contribution in [2.45, 2.75) is 0 Å². The fourth-order valence-electron chi connectivity index (χ4n) is 0.819. The van der Waals surface area contributed by atoms with Crippen LogP contribution in [0.4, 0.5) is 0 Å². The number of likely N-dealkylation sites (N-methyl/N-ethyl adjacent to an activating group) is 1. The van der Waals surface area contributed by atoms with Gasteiger partial charge < -0.3 is 10.1 Å². The van der Waals surface area contributed by atoms with Gasteiger partial charge in [-0.2, -0.15) is 0 Å². The van der Waals surface area contributed by atoms with Gasteiger partial charge in [-0.1, -0.05) is 23.2 Å². The van der Waals surface area contributed by atoms with Crippen LogP contribution in [0.1, 0.15) is 10.4 Å². The van der Waals surface area contributed by atoms with Crippen molar-refractivity contribution >= 4 is 35.1 Å². The molecule has 0 aliphatic heterocycles.